The number of nitrogens with zero attached hydrogens (tertiary/aromatic N) is 4. The summed E-state index contributed by atoms with van der Waals surface area (Å²) in [5, 5.41) is 0. The summed E-state index contributed by atoms with van der Waals surface area (Å²) < 4.78 is 9.63. The molecule has 0 bridgehead atoms. The molecular formula is C60H75BN4. The molecule has 0 saturated heterocycles. The van der Waals surface area contributed by atoms with Gasteiger partial charge >= 0.3 is 0 Å². The zero-order chi connectivity index (χ0) is 47.3. The highest BCUT2D eigenvalue weighted by molar-refractivity contribution is 7.00. The molecule has 5 aromatic rings. The Hall–Kier alpha value is -4.38. The normalized spacial score (nSPS) is 23.7. The first-order valence-corrected chi connectivity index (χ1v) is 25.2. The lowest BCUT2D eigenvalue weighted by Crippen LogP contribution is -2.62. The maximum Gasteiger partial charge on any atom is 0.256 e. The minimum atomic E-state index is -0.119. The van der Waals surface area contributed by atoms with Gasteiger partial charge < -0.3 is 0 Å². The molecule has 0 atom stereocenters. The molecule has 0 amide bonds. The van der Waals surface area contributed by atoms with Crippen molar-refractivity contribution in [2.24, 2.45) is 0 Å². The van der Waals surface area contributed by atoms with Gasteiger partial charge in [0.2, 0.25) is 0 Å². The van der Waals surface area contributed by atoms with Crippen molar-refractivity contribution in [3.63, 3.8) is 0 Å². The van der Waals surface area contributed by atoms with Gasteiger partial charge in [-0.25, -0.2) is 9.97 Å². The topological polar surface area (TPSA) is 32.3 Å². The van der Waals surface area contributed by atoms with Crippen LogP contribution in [0.25, 0.3) is 0 Å². The summed E-state index contributed by atoms with van der Waals surface area (Å²) in [5.41, 5.74) is 20.3. The minimum absolute atomic E-state index is 0.00978. The fraction of sp³-hybridized carbons (Fsp3) is 0.533. The maximum atomic E-state index is 9.63. The Bertz CT molecular complexity index is 2730. The molecule has 3 heterocycles. The smallest absolute Gasteiger partial charge is 0.256 e. The number of rotatable bonds is 2. The zero-order valence-electron chi connectivity index (χ0n) is 43.8. The molecule has 338 valence electrons. The Kier molecular flexibility index (Phi) is 8.53. The van der Waals surface area contributed by atoms with Crippen molar-refractivity contribution in [2.75, 3.05) is 9.80 Å². The summed E-state index contributed by atoms with van der Waals surface area (Å²) in [7, 11) is 0. The van der Waals surface area contributed by atoms with E-state index in [-0.39, 0.29) is 56.3 Å². The quantitative estimate of drug-likeness (QED) is 0.162. The van der Waals surface area contributed by atoms with E-state index in [9.17, 15) is 1.37 Å². The van der Waals surface area contributed by atoms with E-state index < -0.39 is 0 Å². The van der Waals surface area contributed by atoms with Gasteiger partial charge in [0.25, 0.3) is 6.71 Å². The molecule has 6 aliphatic rings. The van der Waals surface area contributed by atoms with Gasteiger partial charge in [-0.3, -0.25) is 9.80 Å². The van der Waals surface area contributed by atoms with Gasteiger partial charge in [-0.2, -0.15) is 0 Å². The number of hydrogen-bond donors (Lipinski definition) is 0. The summed E-state index contributed by atoms with van der Waals surface area (Å²) in [4.78, 5) is 15.6. The SMILES string of the molecule is [2H]c1nc2c3c(n1)N(c1ccc4c(c1)C(C)(C)CCC4(C)C)c1cc4c(cc1B3c1cc3c(cc1N2c1ccc2c(c1)C(C)(C)CCC2(C)C)C(C)(C)CCC3(C)C)C(C)(C)CCC4(C)C. The van der Waals surface area contributed by atoms with Crippen LogP contribution in [0.5, 0.6) is 0 Å². The van der Waals surface area contributed by atoms with E-state index in [1.165, 1.54) is 79.6 Å². The molecule has 0 fully saturated rings. The summed E-state index contributed by atoms with van der Waals surface area (Å²) in [6, 6.07) is 25.0. The Balaban J connectivity index is 1.27. The maximum absolute atomic E-state index is 9.63. The molecule has 0 radical (unpaired) electrons. The van der Waals surface area contributed by atoms with E-state index in [1.807, 2.05) is 0 Å². The van der Waals surface area contributed by atoms with Crippen LogP contribution in [0.4, 0.5) is 34.4 Å². The summed E-state index contributed by atoms with van der Waals surface area (Å²) in [5.74, 6) is 1.69. The lowest BCUT2D eigenvalue weighted by molar-refractivity contribution is 0.332. The summed E-state index contributed by atoms with van der Waals surface area (Å²) >= 11 is 0. The predicted octanol–water partition coefficient (Wildman–Crippen LogP) is 14.0. The highest BCUT2D eigenvalue weighted by Gasteiger charge is 2.50. The first-order valence-electron chi connectivity index (χ1n) is 25.7. The van der Waals surface area contributed by atoms with Crippen molar-refractivity contribution in [1.29, 1.82) is 0 Å². The molecule has 0 unspecified atom stereocenters. The fourth-order valence-corrected chi connectivity index (χ4v) is 13.7. The number of anilines is 6. The Morgan fingerprint density at radius 1 is 0.385 bits per heavy atom. The zero-order valence-corrected chi connectivity index (χ0v) is 42.8. The van der Waals surface area contributed by atoms with Gasteiger partial charge in [0, 0.05) is 28.2 Å². The first-order chi connectivity index (χ1) is 30.5. The van der Waals surface area contributed by atoms with Crippen LogP contribution in [-0.4, -0.2) is 16.7 Å². The number of aromatic nitrogens is 2. The van der Waals surface area contributed by atoms with E-state index in [0.29, 0.717) is 0 Å². The monoisotopic (exact) mass is 864 g/mol. The number of hydrogen-bond acceptors (Lipinski definition) is 4. The van der Waals surface area contributed by atoms with Gasteiger partial charge in [-0.1, -0.05) is 135 Å². The van der Waals surface area contributed by atoms with E-state index in [4.69, 9.17) is 9.97 Å². The van der Waals surface area contributed by atoms with Crippen molar-refractivity contribution in [3.05, 3.63) is 111 Å². The minimum Gasteiger partial charge on any atom is -0.296 e. The van der Waals surface area contributed by atoms with Gasteiger partial charge in [-0.15, -0.1) is 0 Å². The lowest BCUT2D eigenvalue weighted by atomic mass is 9.33. The molecular weight excluding hydrogens is 787 g/mol. The van der Waals surface area contributed by atoms with E-state index in [1.54, 1.807) is 0 Å². The van der Waals surface area contributed by atoms with Crippen molar-refractivity contribution >= 4 is 57.5 Å². The second-order valence-corrected chi connectivity index (χ2v) is 26.9. The predicted molar refractivity (Wildman–Crippen MR) is 277 cm³/mol. The Labute approximate surface area is 393 Å². The third-order valence-electron chi connectivity index (χ3n) is 18.8. The number of fused-ring (bicyclic) bond motifs is 8. The van der Waals surface area contributed by atoms with Gasteiger partial charge in [0.1, 0.15) is 19.3 Å². The highest BCUT2D eigenvalue weighted by atomic mass is 15.3. The molecule has 5 heteroatoms. The largest absolute Gasteiger partial charge is 0.296 e. The molecule has 65 heavy (non-hydrogen) atoms. The van der Waals surface area contributed by atoms with Crippen molar-refractivity contribution < 1.29 is 1.37 Å². The molecule has 0 spiro atoms. The van der Waals surface area contributed by atoms with Crippen LogP contribution < -0.4 is 26.2 Å². The molecule has 4 aromatic carbocycles. The van der Waals surface area contributed by atoms with Crippen LogP contribution in [0.2, 0.25) is 0 Å². The first kappa shape index (κ1) is 42.0. The number of benzene rings is 4. The van der Waals surface area contributed by atoms with Crippen LogP contribution in [0.1, 0.15) is 208 Å². The van der Waals surface area contributed by atoms with Crippen LogP contribution in [-0.2, 0) is 43.3 Å². The van der Waals surface area contributed by atoms with Crippen molar-refractivity contribution in [3.8, 4) is 0 Å². The molecule has 0 saturated carbocycles. The molecule has 2 aliphatic heterocycles. The molecule has 1 aromatic heterocycles. The molecule has 11 rings (SSSR count). The lowest BCUT2D eigenvalue weighted by Gasteiger charge is -2.48. The van der Waals surface area contributed by atoms with Crippen LogP contribution >= 0.6 is 0 Å². The highest BCUT2D eigenvalue weighted by Crippen LogP contribution is 2.55. The third kappa shape index (κ3) is 6.14. The van der Waals surface area contributed by atoms with Crippen molar-refractivity contribution in [1.82, 2.24) is 9.97 Å². The van der Waals surface area contributed by atoms with E-state index in [2.05, 4.69) is 181 Å². The van der Waals surface area contributed by atoms with Crippen LogP contribution in [0, 0.1) is 0 Å². The second-order valence-electron chi connectivity index (χ2n) is 26.9. The van der Waals surface area contributed by atoms with Gasteiger partial charge in [0.05, 0.1) is 0 Å². The molecule has 4 nitrogen and oxygen atoms in total. The average molecular weight is 864 g/mol. The summed E-state index contributed by atoms with van der Waals surface area (Å²) in [6.45, 7) is 38.9. The van der Waals surface area contributed by atoms with Crippen LogP contribution in [0.3, 0.4) is 0 Å². The fourth-order valence-electron chi connectivity index (χ4n) is 13.7. The third-order valence-corrected chi connectivity index (χ3v) is 18.8. The van der Waals surface area contributed by atoms with E-state index >= 15 is 0 Å². The standard InChI is InChI=1S/C60H75BN4/c1-53(2)21-23-55(5,6)40-29-36(17-19-38(40)53)64-48-33-44-42(57(9,10)25-27-59(44,13)14)31-46(48)61-47-32-43-45(60(15,16)28-26-58(43,11)12)34-49(47)65(52-50(61)51(64)62-35-63-52)37-18-20-39-41(30-37)56(7,8)24-22-54(39,3)4/h17-20,29-35H,21-28H2,1-16H3/i35D. The van der Waals surface area contributed by atoms with Gasteiger partial charge in [0.15, 0.2) is 0 Å². The Morgan fingerprint density at radius 3 is 0.985 bits per heavy atom. The molecule has 0 N–H and O–H groups in total. The average Bonchev–Trinajstić information content (AvgIpc) is 3.23. The second kappa shape index (κ2) is 13.2. The summed E-state index contributed by atoms with van der Waals surface area (Å²) in [6.07, 6.45) is 9.26. The Morgan fingerprint density at radius 2 is 0.662 bits per heavy atom. The van der Waals surface area contributed by atoms with E-state index in [0.717, 1.165) is 67.0 Å². The molecule has 4 aliphatic carbocycles. The van der Waals surface area contributed by atoms with Gasteiger partial charge in [-0.05, 0) is 187 Å². The van der Waals surface area contributed by atoms with Crippen molar-refractivity contribution in [2.45, 2.75) is 205 Å². The van der Waals surface area contributed by atoms with Crippen LogP contribution in [0.15, 0.2) is 67.0 Å².